The van der Waals surface area contributed by atoms with Crippen LogP contribution in [0.1, 0.15) is 36.3 Å². The molecule has 0 aliphatic carbocycles. The monoisotopic (exact) mass is 198 g/mol. The normalized spacial score (nSPS) is 12.8. The first-order valence-electron chi connectivity index (χ1n) is 4.58. The topological polar surface area (TPSA) is 20.2 Å². The molecule has 72 valence electrons. The second kappa shape index (κ2) is 4.52. The van der Waals surface area contributed by atoms with Gasteiger partial charge in [0.25, 0.3) is 0 Å². The van der Waals surface area contributed by atoms with Gasteiger partial charge in [-0.2, -0.15) is 0 Å². The molecule has 13 heavy (non-hydrogen) atoms. The van der Waals surface area contributed by atoms with Gasteiger partial charge in [0.05, 0.1) is 5.38 Å². The summed E-state index contributed by atoms with van der Waals surface area (Å²) >= 11 is 6.15. The van der Waals surface area contributed by atoms with Gasteiger partial charge >= 0.3 is 0 Å². The lowest BCUT2D eigenvalue weighted by atomic mass is 10.1. The fourth-order valence-corrected chi connectivity index (χ4v) is 1.65. The second-order valence-corrected chi connectivity index (χ2v) is 3.83. The van der Waals surface area contributed by atoms with Gasteiger partial charge in [-0.05, 0) is 30.5 Å². The van der Waals surface area contributed by atoms with Crippen LogP contribution in [0.3, 0.4) is 0 Å². The Morgan fingerprint density at radius 3 is 2.69 bits per heavy atom. The van der Waals surface area contributed by atoms with E-state index in [9.17, 15) is 5.11 Å². The third kappa shape index (κ3) is 2.63. The molecule has 0 aliphatic rings. The van der Waals surface area contributed by atoms with Crippen LogP contribution in [-0.2, 0) is 0 Å². The number of phenolic OH excluding ortho intramolecular Hbond substituents is 1. The molecule has 0 radical (unpaired) electrons. The highest BCUT2D eigenvalue weighted by molar-refractivity contribution is 6.20. The Bertz CT molecular complexity index is 283. The lowest BCUT2D eigenvalue weighted by Crippen LogP contribution is -1.90. The molecule has 0 saturated carbocycles. The molecule has 1 atom stereocenters. The first kappa shape index (κ1) is 10.4. The Balaban J connectivity index is 2.84. The standard InChI is InChI=1S/C11H15ClO/c1-3-4-10(12)9-5-6-11(13)8(2)7-9/h5-7,10,13H,3-4H2,1-2H3. The van der Waals surface area contributed by atoms with Crippen molar-refractivity contribution in [2.75, 3.05) is 0 Å². The van der Waals surface area contributed by atoms with Gasteiger partial charge in [-0.15, -0.1) is 11.6 Å². The van der Waals surface area contributed by atoms with Crippen molar-refractivity contribution in [3.05, 3.63) is 29.3 Å². The number of aromatic hydroxyl groups is 1. The fraction of sp³-hybridized carbons (Fsp3) is 0.455. The van der Waals surface area contributed by atoms with Crippen LogP contribution in [0.2, 0.25) is 0 Å². The zero-order valence-corrected chi connectivity index (χ0v) is 8.80. The van der Waals surface area contributed by atoms with E-state index in [4.69, 9.17) is 11.6 Å². The van der Waals surface area contributed by atoms with E-state index in [1.807, 2.05) is 19.1 Å². The van der Waals surface area contributed by atoms with Gasteiger partial charge in [0.1, 0.15) is 5.75 Å². The van der Waals surface area contributed by atoms with Crippen LogP contribution in [0.25, 0.3) is 0 Å². The van der Waals surface area contributed by atoms with E-state index in [1.54, 1.807) is 6.07 Å². The van der Waals surface area contributed by atoms with Gasteiger partial charge in [-0.3, -0.25) is 0 Å². The quantitative estimate of drug-likeness (QED) is 0.733. The van der Waals surface area contributed by atoms with Crippen LogP contribution < -0.4 is 0 Å². The maximum absolute atomic E-state index is 9.31. The van der Waals surface area contributed by atoms with Crippen molar-refractivity contribution in [2.45, 2.75) is 32.1 Å². The SMILES string of the molecule is CCCC(Cl)c1ccc(O)c(C)c1. The Labute approximate surface area is 84.4 Å². The number of hydrogen-bond acceptors (Lipinski definition) is 1. The van der Waals surface area contributed by atoms with Crippen LogP contribution >= 0.6 is 11.6 Å². The summed E-state index contributed by atoms with van der Waals surface area (Å²) in [7, 11) is 0. The number of benzene rings is 1. The van der Waals surface area contributed by atoms with E-state index in [2.05, 4.69) is 6.92 Å². The van der Waals surface area contributed by atoms with E-state index in [1.165, 1.54) is 0 Å². The fourth-order valence-electron chi connectivity index (χ4n) is 1.29. The zero-order chi connectivity index (χ0) is 9.84. The summed E-state index contributed by atoms with van der Waals surface area (Å²) in [6.07, 6.45) is 2.06. The third-order valence-electron chi connectivity index (χ3n) is 2.12. The molecule has 2 heteroatoms. The lowest BCUT2D eigenvalue weighted by molar-refractivity contribution is 0.470. The largest absolute Gasteiger partial charge is 0.508 e. The highest BCUT2D eigenvalue weighted by atomic mass is 35.5. The van der Waals surface area contributed by atoms with Gasteiger partial charge in [0.15, 0.2) is 0 Å². The van der Waals surface area contributed by atoms with Gasteiger partial charge in [0, 0.05) is 0 Å². The minimum Gasteiger partial charge on any atom is -0.508 e. The molecule has 1 nitrogen and oxygen atoms in total. The molecule has 0 saturated heterocycles. The summed E-state index contributed by atoms with van der Waals surface area (Å²) in [6, 6.07) is 5.54. The maximum Gasteiger partial charge on any atom is 0.118 e. The van der Waals surface area contributed by atoms with Crippen LogP contribution in [0.4, 0.5) is 0 Å². The van der Waals surface area contributed by atoms with Gasteiger partial charge in [-0.25, -0.2) is 0 Å². The number of aryl methyl sites for hydroxylation is 1. The van der Waals surface area contributed by atoms with Crippen molar-refractivity contribution in [1.82, 2.24) is 0 Å². The summed E-state index contributed by atoms with van der Waals surface area (Å²) in [5, 5.41) is 9.39. The smallest absolute Gasteiger partial charge is 0.118 e. The molecule has 1 aromatic carbocycles. The minimum absolute atomic E-state index is 0.0734. The summed E-state index contributed by atoms with van der Waals surface area (Å²) in [6.45, 7) is 4.00. The molecular weight excluding hydrogens is 184 g/mol. The predicted octanol–water partition coefficient (Wildman–Crippen LogP) is 3.78. The summed E-state index contributed by atoms with van der Waals surface area (Å²) < 4.78 is 0. The van der Waals surface area contributed by atoms with E-state index < -0.39 is 0 Å². The summed E-state index contributed by atoms with van der Waals surface area (Å²) in [5.41, 5.74) is 1.98. The summed E-state index contributed by atoms with van der Waals surface area (Å²) in [5.74, 6) is 0.337. The maximum atomic E-state index is 9.31. The highest BCUT2D eigenvalue weighted by Crippen LogP contribution is 2.28. The van der Waals surface area contributed by atoms with Gasteiger partial charge < -0.3 is 5.11 Å². The molecule has 0 fully saturated rings. The van der Waals surface area contributed by atoms with Crippen LogP contribution in [0.5, 0.6) is 5.75 Å². The van der Waals surface area contributed by atoms with Crippen molar-refractivity contribution in [3.8, 4) is 5.75 Å². The predicted molar refractivity (Wildman–Crippen MR) is 56.3 cm³/mol. The molecule has 1 rings (SSSR count). The van der Waals surface area contributed by atoms with Gasteiger partial charge in [0.2, 0.25) is 0 Å². The van der Waals surface area contributed by atoms with Crippen LogP contribution in [0.15, 0.2) is 18.2 Å². The van der Waals surface area contributed by atoms with Gasteiger partial charge in [-0.1, -0.05) is 25.5 Å². The Morgan fingerprint density at radius 2 is 2.15 bits per heavy atom. The number of hydrogen-bond donors (Lipinski definition) is 1. The number of halogens is 1. The molecule has 0 aromatic heterocycles. The first-order valence-corrected chi connectivity index (χ1v) is 5.02. The van der Waals surface area contributed by atoms with E-state index in [-0.39, 0.29) is 5.38 Å². The lowest BCUT2D eigenvalue weighted by Gasteiger charge is -2.09. The third-order valence-corrected chi connectivity index (χ3v) is 2.59. The first-order chi connectivity index (χ1) is 6.15. The van der Waals surface area contributed by atoms with Crippen LogP contribution in [0, 0.1) is 6.92 Å². The van der Waals surface area contributed by atoms with Crippen molar-refractivity contribution < 1.29 is 5.11 Å². The molecule has 0 spiro atoms. The van der Waals surface area contributed by atoms with Crippen molar-refractivity contribution in [3.63, 3.8) is 0 Å². The minimum atomic E-state index is 0.0734. The Hall–Kier alpha value is -0.690. The molecule has 0 bridgehead atoms. The number of rotatable bonds is 3. The second-order valence-electron chi connectivity index (χ2n) is 3.30. The average molecular weight is 199 g/mol. The molecule has 0 amide bonds. The molecule has 1 aromatic rings. The Morgan fingerprint density at radius 1 is 1.46 bits per heavy atom. The average Bonchev–Trinajstić information content (AvgIpc) is 2.10. The molecule has 1 N–H and O–H groups in total. The molecule has 1 unspecified atom stereocenters. The van der Waals surface area contributed by atoms with E-state index in [0.29, 0.717) is 5.75 Å². The highest BCUT2D eigenvalue weighted by Gasteiger charge is 2.07. The van der Waals surface area contributed by atoms with Crippen LogP contribution in [-0.4, -0.2) is 5.11 Å². The zero-order valence-electron chi connectivity index (χ0n) is 8.05. The molecule has 0 aliphatic heterocycles. The number of alkyl halides is 1. The number of phenols is 1. The van der Waals surface area contributed by atoms with E-state index in [0.717, 1.165) is 24.0 Å². The Kier molecular flexibility index (Phi) is 3.61. The molecule has 0 heterocycles. The van der Waals surface area contributed by atoms with Crippen molar-refractivity contribution in [2.24, 2.45) is 0 Å². The van der Waals surface area contributed by atoms with Crippen molar-refractivity contribution >= 4 is 11.6 Å². The summed E-state index contributed by atoms with van der Waals surface area (Å²) in [4.78, 5) is 0. The van der Waals surface area contributed by atoms with E-state index >= 15 is 0 Å². The van der Waals surface area contributed by atoms with Crippen molar-refractivity contribution in [1.29, 1.82) is 0 Å². The molecular formula is C11H15ClO.